The molecule has 1 atom stereocenters. The highest BCUT2D eigenvalue weighted by molar-refractivity contribution is 5.34. The summed E-state index contributed by atoms with van der Waals surface area (Å²) in [7, 11) is 2.03. The number of halogens is 1. The van der Waals surface area contributed by atoms with Gasteiger partial charge in [-0.1, -0.05) is 6.07 Å². The lowest BCUT2D eigenvalue weighted by Gasteiger charge is -2.32. The van der Waals surface area contributed by atoms with Gasteiger partial charge < -0.3 is 4.57 Å². The first-order valence-corrected chi connectivity index (χ1v) is 8.03. The van der Waals surface area contributed by atoms with Crippen molar-refractivity contribution in [2.75, 3.05) is 13.1 Å². The number of likely N-dealkylation sites (tertiary alicyclic amines) is 1. The number of nitriles is 1. The summed E-state index contributed by atoms with van der Waals surface area (Å²) < 4.78 is 15.5. The van der Waals surface area contributed by atoms with Crippen molar-refractivity contribution in [3.63, 3.8) is 0 Å². The number of aromatic nitrogens is 2. The van der Waals surface area contributed by atoms with E-state index in [0.29, 0.717) is 5.92 Å². The molecule has 0 N–H and O–H groups in total. The standard InChI is InChI=1S/C18H21FN4/c1-22-8-6-21-18(22)10-14-3-2-7-23(12-14)13-15-4-5-17(19)16(9-15)11-20/h4-6,8-9,14H,2-3,7,10,12-13H2,1H3. The quantitative estimate of drug-likeness (QED) is 0.872. The number of aryl methyl sites for hydroxylation is 1. The second kappa shape index (κ2) is 6.93. The molecular weight excluding hydrogens is 291 g/mol. The van der Waals surface area contributed by atoms with Gasteiger partial charge in [-0.3, -0.25) is 4.90 Å². The third-order valence-electron chi connectivity index (χ3n) is 4.55. The monoisotopic (exact) mass is 312 g/mol. The summed E-state index contributed by atoms with van der Waals surface area (Å²) in [6.45, 7) is 2.84. The minimum Gasteiger partial charge on any atom is -0.338 e. The van der Waals surface area contributed by atoms with Crippen LogP contribution in [0.3, 0.4) is 0 Å². The Bertz CT molecular complexity index is 716. The van der Waals surface area contributed by atoms with Crippen LogP contribution in [0.4, 0.5) is 4.39 Å². The number of piperidine rings is 1. The molecule has 4 nitrogen and oxygen atoms in total. The van der Waals surface area contributed by atoms with E-state index in [1.54, 1.807) is 12.1 Å². The van der Waals surface area contributed by atoms with Crippen molar-refractivity contribution in [3.05, 3.63) is 53.4 Å². The number of imidazole rings is 1. The summed E-state index contributed by atoms with van der Waals surface area (Å²) in [4.78, 5) is 6.81. The minimum absolute atomic E-state index is 0.129. The molecule has 0 amide bonds. The number of hydrogen-bond acceptors (Lipinski definition) is 3. The molecule has 1 fully saturated rings. The third kappa shape index (κ3) is 3.77. The van der Waals surface area contributed by atoms with Crippen LogP contribution in [0.5, 0.6) is 0 Å². The first-order chi connectivity index (χ1) is 11.2. The van der Waals surface area contributed by atoms with Gasteiger partial charge in [-0.25, -0.2) is 9.37 Å². The van der Waals surface area contributed by atoms with Gasteiger partial charge in [-0.2, -0.15) is 5.26 Å². The molecule has 1 aromatic heterocycles. The maximum atomic E-state index is 13.4. The van der Waals surface area contributed by atoms with Crippen LogP contribution in [0.1, 0.15) is 29.8 Å². The van der Waals surface area contributed by atoms with Crippen molar-refractivity contribution in [1.82, 2.24) is 14.5 Å². The van der Waals surface area contributed by atoms with Gasteiger partial charge in [0, 0.05) is 39.0 Å². The van der Waals surface area contributed by atoms with Crippen LogP contribution in [0.25, 0.3) is 0 Å². The van der Waals surface area contributed by atoms with Crippen molar-refractivity contribution < 1.29 is 4.39 Å². The van der Waals surface area contributed by atoms with Crippen LogP contribution < -0.4 is 0 Å². The molecule has 5 heteroatoms. The van der Waals surface area contributed by atoms with E-state index in [9.17, 15) is 4.39 Å². The van der Waals surface area contributed by atoms with Crippen LogP contribution in [0, 0.1) is 23.1 Å². The zero-order valence-electron chi connectivity index (χ0n) is 13.4. The molecule has 0 bridgehead atoms. The summed E-state index contributed by atoms with van der Waals surface area (Å²) in [6, 6.07) is 6.75. The molecule has 1 aliphatic heterocycles. The number of nitrogens with zero attached hydrogens (tertiary/aromatic N) is 4. The van der Waals surface area contributed by atoms with E-state index in [1.165, 1.54) is 18.9 Å². The smallest absolute Gasteiger partial charge is 0.140 e. The molecule has 0 radical (unpaired) electrons. The van der Waals surface area contributed by atoms with Crippen LogP contribution in [0.2, 0.25) is 0 Å². The second-order valence-corrected chi connectivity index (χ2v) is 6.33. The van der Waals surface area contributed by atoms with E-state index < -0.39 is 5.82 Å². The molecule has 120 valence electrons. The zero-order valence-corrected chi connectivity index (χ0v) is 13.4. The maximum absolute atomic E-state index is 13.4. The highest BCUT2D eigenvalue weighted by Crippen LogP contribution is 2.22. The number of rotatable bonds is 4. The van der Waals surface area contributed by atoms with Crippen LogP contribution in [-0.2, 0) is 20.0 Å². The van der Waals surface area contributed by atoms with Gasteiger partial charge in [0.05, 0.1) is 5.56 Å². The van der Waals surface area contributed by atoms with E-state index in [-0.39, 0.29) is 5.56 Å². The van der Waals surface area contributed by atoms with Gasteiger partial charge in [0.15, 0.2) is 0 Å². The predicted octanol–water partition coefficient (Wildman–Crippen LogP) is 2.89. The van der Waals surface area contributed by atoms with Crippen LogP contribution in [-0.4, -0.2) is 27.5 Å². The van der Waals surface area contributed by atoms with Crippen molar-refractivity contribution in [3.8, 4) is 6.07 Å². The summed E-state index contributed by atoms with van der Waals surface area (Å²) in [6.07, 6.45) is 7.21. The Morgan fingerprint density at radius 3 is 3.04 bits per heavy atom. The molecular formula is C18H21FN4. The highest BCUT2D eigenvalue weighted by atomic mass is 19.1. The first-order valence-electron chi connectivity index (χ1n) is 8.03. The van der Waals surface area contributed by atoms with E-state index in [1.807, 2.05) is 25.5 Å². The summed E-state index contributed by atoms with van der Waals surface area (Å²) in [5.41, 5.74) is 1.13. The average molecular weight is 312 g/mol. The largest absolute Gasteiger partial charge is 0.338 e. The molecule has 2 aromatic rings. The number of hydrogen-bond donors (Lipinski definition) is 0. The Morgan fingerprint density at radius 1 is 1.43 bits per heavy atom. The fourth-order valence-corrected chi connectivity index (χ4v) is 3.33. The second-order valence-electron chi connectivity index (χ2n) is 6.33. The van der Waals surface area contributed by atoms with Gasteiger partial charge in [0.25, 0.3) is 0 Å². The molecule has 3 rings (SSSR count). The molecule has 23 heavy (non-hydrogen) atoms. The lowest BCUT2D eigenvalue weighted by molar-refractivity contribution is 0.165. The van der Waals surface area contributed by atoms with E-state index in [2.05, 4.69) is 14.5 Å². The van der Waals surface area contributed by atoms with Crippen molar-refractivity contribution >= 4 is 0 Å². The Morgan fingerprint density at radius 2 is 2.30 bits per heavy atom. The normalized spacial score (nSPS) is 18.7. The highest BCUT2D eigenvalue weighted by Gasteiger charge is 2.21. The molecule has 0 saturated carbocycles. The van der Waals surface area contributed by atoms with E-state index >= 15 is 0 Å². The Balaban J connectivity index is 1.63. The molecule has 0 spiro atoms. The van der Waals surface area contributed by atoms with E-state index in [4.69, 9.17) is 5.26 Å². The summed E-state index contributed by atoms with van der Waals surface area (Å²) in [5.74, 6) is 1.29. The summed E-state index contributed by atoms with van der Waals surface area (Å²) >= 11 is 0. The van der Waals surface area contributed by atoms with Gasteiger partial charge >= 0.3 is 0 Å². The molecule has 1 aliphatic rings. The lowest BCUT2D eigenvalue weighted by Crippen LogP contribution is -2.36. The predicted molar refractivity (Wildman–Crippen MR) is 86.0 cm³/mol. The zero-order chi connectivity index (χ0) is 16.2. The van der Waals surface area contributed by atoms with Crippen molar-refractivity contribution in [2.45, 2.75) is 25.8 Å². The van der Waals surface area contributed by atoms with Gasteiger partial charge in [-0.05, 0) is 43.0 Å². The Kier molecular flexibility index (Phi) is 4.73. The average Bonchev–Trinajstić information content (AvgIpc) is 2.95. The van der Waals surface area contributed by atoms with Gasteiger partial charge in [0.2, 0.25) is 0 Å². The third-order valence-corrected chi connectivity index (χ3v) is 4.55. The van der Waals surface area contributed by atoms with Crippen LogP contribution in [0.15, 0.2) is 30.6 Å². The SMILES string of the molecule is Cn1ccnc1CC1CCCN(Cc2ccc(F)c(C#N)c2)C1. The Labute approximate surface area is 136 Å². The van der Waals surface area contributed by atoms with Gasteiger partial charge in [-0.15, -0.1) is 0 Å². The lowest BCUT2D eigenvalue weighted by atomic mass is 9.94. The maximum Gasteiger partial charge on any atom is 0.140 e. The van der Waals surface area contributed by atoms with Crippen LogP contribution >= 0.6 is 0 Å². The first kappa shape index (κ1) is 15.7. The topological polar surface area (TPSA) is 44.9 Å². The van der Waals surface area contributed by atoms with Crippen molar-refractivity contribution in [2.24, 2.45) is 13.0 Å². The Hall–Kier alpha value is -2.19. The fraction of sp³-hybridized carbons (Fsp3) is 0.444. The van der Waals surface area contributed by atoms with Gasteiger partial charge in [0.1, 0.15) is 17.7 Å². The molecule has 2 heterocycles. The summed E-state index contributed by atoms with van der Waals surface area (Å²) in [5, 5.41) is 8.95. The molecule has 1 aromatic carbocycles. The molecule has 1 unspecified atom stereocenters. The molecule has 0 aliphatic carbocycles. The fourth-order valence-electron chi connectivity index (χ4n) is 3.33. The number of benzene rings is 1. The van der Waals surface area contributed by atoms with Crippen molar-refractivity contribution in [1.29, 1.82) is 5.26 Å². The van der Waals surface area contributed by atoms with E-state index in [0.717, 1.165) is 37.4 Å². The minimum atomic E-state index is -0.442. The molecule has 1 saturated heterocycles.